The van der Waals surface area contributed by atoms with Gasteiger partial charge in [0.25, 0.3) is 0 Å². The van der Waals surface area contributed by atoms with E-state index < -0.39 is 48.1 Å². The SMILES string of the molecule is O=C(CN1CCCCC1)Nc1ccccc1C(=N[C@@H](C(=O)O)[C@@H](CC(=O)N1C(=O)CC[C@H]1C(=O)Nc1ccccc1)c1ccccc1)c1ccccc1. The van der Waals surface area contributed by atoms with Crippen LogP contribution in [0.25, 0.3) is 0 Å². The van der Waals surface area contributed by atoms with E-state index in [2.05, 4.69) is 15.5 Å². The number of aliphatic imine (C=N–C) groups is 1. The summed E-state index contributed by atoms with van der Waals surface area (Å²) in [5.41, 5.74) is 2.98. The number of hydrogen-bond acceptors (Lipinski definition) is 7. The molecule has 2 aliphatic heterocycles. The fourth-order valence-corrected chi connectivity index (χ4v) is 7.05. The predicted octanol–water partition coefficient (Wildman–Crippen LogP) is 5.73. The van der Waals surface area contributed by atoms with Crippen molar-refractivity contribution >= 4 is 46.7 Å². The van der Waals surface area contributed by atoms with Crippen LogP contribution in [0.1, 0.15) is 61.1 Å². The van der Waals surface area contributed by atoms with Crippen molar-refractivity contribution in [2.24, 2.45) is 4.99 Å². The maximum atomic E-state index is 14.1. The van der Waals surface area contributed by atoms with E-state index in [-0.39, 0.29) is 25.3 Å². The number of benzene rings is 4. The zero-order valence-corrected chi connectivity index (χ0v) is 29.4. The maximum absolute atomic E-state index is 14.1. The number of para-hydroxylation sites is 2. The van der Waals surface area contributed by atoms with Crippen LogP contribution in [0.4, 0.5) is 11.4 Å². The molecule has 272 valence electrons. The molecule has 0 saturated carbocycles. The molecule has 4 aromatic rings. The van der Waals surface area contributed by atoms with Gasteiger partial charge < -0.3 is 15.7 Å². The van der Waals surface area contributed by atoms with Crippen LogP contribution in [-0.2, 0) is 24.0 Å². The molecule has 3 N–H and O–H groups in total. The number of carbonyl (C=O) groups is 5. The zero-order valence-electron chi connectivity index (χ0n) is 29.4. The molecule has 11 nitrogen and oxygen atoms in total. The predicted molar refractivity (Wildman–Crippen MR) is 203 cm³/mol. The molecule has 4 aromatic carbocycles. The summed E-state index contributed by atoms with van der Waals surface area (Å²) in [6, 6.07) is 31.2. The molecule has 0 spiro atoms. The standard InChI is InChI=1S/C42H43N5O6/c48-36(28-46-25-13-4-14-26-46)44-34-22-12-11-21-32(34)39(30-17-7-2-8-18-30)45-40(42(52)53)33(29-15-5-1-6-16-29)27-38(50)47-35(23-24-37(47)49)41(51)43-31-19-9-3-10-20-31/h1-3,5-12,15-22,33,35,40H,4,13-14,23-28H2,(H,43,51)(H,44,48)(H,52,53)/t33-,35-,40+/m0/s1. The molecular weight excluding hydrogens is 670 g/mol. The quantitative estimate of drug-likeness (QED) is 0.150. The maximum Gasteiger partial charge on any atom is 0.329 e. The molecule has 0 aromatic heterocycles. The van der Waals surface area contributed by atoms with Crippen LogP contribution in [-0.4, -0.2) is 81.9 Å². The Morgan fingerprint density at radius 1 is 0.774 bits per heavy atom. The number of imide groups is 1. The molecule has 6 rings (SSSR count). The van der Waals surface area contributed by atoms with Crippen molar-refractivity contribution in [2.45, 2.75) is 56.5 Å². The Morgan fingerprint density at radius 3 is 2.08 bits per heavy atom. The van der Waals surface area contributed by atoms with Crippen molar-refractivity contribution in [2.75, 3.05) is 30.3 Å². The summed E-state index contributed by atoms with van der Waals surface area (Å²) >= 11 is 0. The lowest BCUT2D eigenvalue weighted by atomic mass is 9.87. The van der Waals surface area contributed by atoms with E-state index in [1.165, 1.54) is 0 Å². The zero-order chi connectivity index (χ0) is 37.2. The molecule has 2 saturated heterocycles. The summed E-state index contributed by atoms with van der Waals surface area (Å²) in [4.78, 5) is 75.2. The third-order valence-electron chi connectivity index (χ3n) is 9.67. The number of likely N-dealkylation sites (tertiary alicyclic amines) is 2. The van der Waals surface area contributed by atoms with Crippen molar-refractivity contribution in [1.82, 2.24) is 9.80 Å². The Bertz CT molecular complexity index is 1950. The van der Waals surface area contributed by atoms with Crippen LogP contribution in [0.3, 0.4) is 0 Å². The molecule has 4 amide bonds. The molecule has 0 unspecified atom stereocenters. The average molecular weight is 714 g/mol. The Kier molecular flexibility index (Phi) is 12.2. The van der Waals surface area contributed by atoms with E-state index in [0.29, 0.717) is 33.8 Å². The minimum atomic E-state index is -1.50. The highest BCUT2D eigenvalue weighted by atomic mass is 16.4. The van der Waals surface area contributed by atoms with Gasteiger partial charge in [0.15, 0.2) is 6.04 Å². The van der Waals surface area contributed by atoms with Crippen molar-refractivity contribution in [3.63, 3.8) is 0 Å². The second-order valence-corrected chi connectivity index (χ2v) is 13.3. The van der Waals surface area contributed by atoms with Gasteiger partial charge in [-0.05, 0) is 56.1 Å². The van der Waals surface area contributed by atoms with E-state index in [9.17, 15) is 29.1 Å². The number of carboxylic acids is 1. The first-order valence-electron chi connectivity index (χ1n) is 18.0. The largest absolute Gasteiger partial charge is 0.480 e. The third kappa shape index (κ3) is 9.30. The molecule has 0 radical (unpaired) electrons. The molecule has 11 heteroatoms. The molecule has 2 aliphatic rings. The minimum Gasteiger partial charge on any atom is -0.480 e. The number of amides is 4. The highest BCUT2D eigenvalue weighted by Crippen LogP contribution is 2.32. The Morgan fingerprint density at radius 2 is 1.40 bits per heavy atom. The summed E-state index contributed by atoms with van der Waals surface area (Å²) in [7, 11) is 0. The number of anilines is 2. The smallest absolute Gasteiger partial charge is 0.329 e. The summed E-state index contributed by atoms with van der Waals surface area (Å²) in [5, 5.41) is 16.7. The first-order chi connectivity index (χ1) is 25.8. The van der Waals surface area contributed by atoms with Gasteiger partial charge in [0, 0.05) is 35.6 Å². The highest BCUT2D eigenvalue weighted by molar-refractivity contribution is 6.17. The summed E-state index contributed by atoms with van der Waals surface area (Å²) in [5.74, 6) is -4.14. The fraction of sp³-hybridized carbons (Fsp3) is 0.286. The molecular formula is C42H43N5O6. The summed E-state index contributed by atoms with van der Waals surface area (Å²) in [6.07, 6.45) is 3.00. The Labute approximate surface area is 308 Å². The molecule has 0 aliphatic carbocycles. The van der Waals surface area contributed by atoms with E-state index in [1.807, 2.05) is 36.4 Å². The summed E-state index contributed by atoms with van der Waals surface area (Å²) < 4.78 is 0. The van der Waals surface area contributed by atoms with Crippen molar-refractivity contribution < 1.29 is 29.1 Å². The van der Waals surface area contributed by atoms with Crippen LogP contribution in [0.5, 0.6) is 0 Å². The fourth-order valence-electron chi connectivity index (χ4n) is 7.05. The lowest BCUT2D eigenvalue weighted by Gasteiger charge is -2.27. The van der Waals surface area contributed by atoms with Gasteiger partial charge in [-0.3, -0.25) is 34.0 Å². The van der Waals surface area contributed by atoms with Crippen LogP contribution < -0.4 is 10.6 Å². The molecule has 53 heavy (non-hydrogen) atoms. The van der Waals surface area contributed by atoms with Gasteiger partial charge in [-0.25, -0.2) is 4.79 Å². The van der Waals surface area contributed by atoms with E-state index in [1.54, 1.807) is 78.9 Å². The van der Waals surface area contributed by atoms with Gasteiger partial charge >= 0.3 is 5.97 Å². The Hall–Kier alpha value is -5.94. The van der Waals surface area contributed by atoms with Crippen LogP contribution in [0.2, 0.25) is 0 Å². The monoisotopic (exact) mass is 713 g/mol. The number of rotatable bonds is 13. The molecule has 2 fully saturated rings. The summed E-state index contributed by atoms with van der Waals surface area (Å²) in [6.45, 7) is 1.95. The lowest BCUT2D eigenvalue weighted by Crippen LogP contribution is -2.46. The van der Waals surface area contributed by atoms with Crippen LogP contribution in [0.15, 0.2) is 120 Å². The number of carboxylic acid groups (broad SMARTS) is 1. The van der Waals surface area contributed by atoms with E-state index in [4.69, 9.17) is 4.99 Å². The Balaban J connectivity index is 1.35. The average Bonchev–Trinajstić information content (AvgIpc) is 3.57. The number of carbonyl (C=O) groups excluding carboxylic acids is 4. The van der Waals surface area contributed by atoms with Crippen molar-refractivity contribution in [3.8, 4) is 0 Å². The number of nitrogens with one attached hydrogen (secondary N) is 2. The number of hydrogen-bond donors (Lipinski definition) is 3. The lowest BCUT2D eigenvalue weighted by molar-refractivity contribution is -0.147. The van der Waals surface area contributed by atoms with Crippen molar-refractivity contribution in [1.29, 1.82) is 0 Å². The van der Waals surface area contributed by atoms with Gasteiger partial charge in [0.1, 0.15) is 6.04 Å². The van der Waals surface area contributed by atoms with Gasteiger partial charge in [0.05, 0.1) is 17.9 Å². The first-order valence-corrected chi connectivity index (χ1v) is 18.0. The van der Waals surface area contributed by atoms with Crippen LogP contribution in [0, 0.1) is 0 Å². The van der Waals surface area contributed by atoms with Gasteiger partial charge in [-0.2, -0.15) is 0 Å². The van der Waals surface area contributed by atoms with E-state index >= 15 is 0 Å². The third-order valence-corrected chi connectivity index (χ3v) is 9.67. The molecule has 0 bridgehead atoms. The molecule has 2 heterocycles. The number of aliphatic carboxylic acids is 1. The molecule has 3 atom stereocenters. The minimum absolute atomic E-state index is 0.00749. The van der Waals surface area contributed by atoms with Gasteiger partial charge in [-0.15, -0.1) is 0 Å². The number of piperidine rings is 1. The second-order valence-electron chi connectivity index (χ2n) is 13.3. The van der Waals surface area contributed by atoms with Gasteiger partial charge in [0.2, 0.25) is 23.6 Å². The number of nitrogens with zero attached hydrogens (tertiary/aromatic N) is 3. The topological polar surface area (TPSA) is 148 Å². The first kappa shape index (κ1) is 36.8. The van der Waals surface area contributed by atoms with E-state index in [0.717, 1.165) is 37.3 Å². The highest BCUT2D eigenvalue weighted by Gasteiger charge is 2.42. The normalized spacial score (nSPS) is 17.5. The van der Waals surface area contributed by atoms with Crippen LogP contribution >= 0.6 is 0 Å². The van der Waals surface area contributed by atoms with Crippen molar-refractivity contribution in [3.05, 3.63) is 132 Å². The van der Waals surface area contributed by atoms with Gasteiger partial charge in [-0.1, -0.05) is 103 Å². The second kappa shape index (κ2) is 17.5.